The molecule has 0 heterocycles. The summed E-state index contributed by atoms with van der Waals surface area (Å²) in [6, 6.07) is 9.97. The van der Waals surface area contributed by atoms with Gasteiger partial charge in [-0.1, -0.05) is 55.9 Å². The molecular weight excluding hydrogens is 240 g/mol. The van der Waals surface area contributed by atoms with Gasteiger partial charge < -0.3 is 4.74 Å². The molecule has 2 nitrogen and oxygen atoms in total. The SMILES string of the molecule is CC(=O)O[C@H](C#C[Si](C)(C)C)Cc1ccccc1. The van der Waals surface area contributed by atoms with Crippen molar-refractivity contribution in [1.82, 2.24) is 0 Å². The lowest BCUT2D eigenvalue weighted by molar-refractivity contribution is -0.143. The molecule has 0 aliphatic rings. The molecule has 0 aliphatic carbocycles. The van der Waals surface area contributed by atoms with Crippen LogP contribution in [0.25, 0.3) is 0 Å². The van der Waals surface area contributed by atoms with Gasteiger partial charge in [-0.2, -0.15) is 0 Å². The highest BCUT2D eigenvalue weighted by Gasteiger charge is 2.12. The van der Waals surface area contributed by atoms with Gasteiger partial charge in [0.05, 0.1) is 0 Å². The number of benzene rings is 1. The molecule has 1 aromatic rings. The zero-order valence-electron chi connectivity index (χ0n) is 11.5. The summed E-state index contributed by atoms with van der Waals surface area (Å²) >= 11 is 0. The monoisotopic (exact) mass is 260 g/mol. The molecule has 0 saturated carbocycles. The van der Waals surface area contributed by atoms with Crippen molar-refractivity contribution >= 4 is 14.0 Å². The molecule has 0 amide bonds. The number of hydrogen-bond acceptors (Lipinski definition) is 2. The summed E-state index contributed by atoms with van der Waals surface area (Å²) in [7, 11) is -1.44. The largest absolute Gasteiger partial charge is 0.449 e. The molecule has 0 radical (unpaired) electrons. The van der Waals surface area contributed by atoms with Crippen LogP contribution in [0.4, 0.5) is 0 Å². The van der Waals surface area contributed by atoms with Crippen LogP contribution in [0.2, 0.25) is 19.6 Å². The van der Waals surface area contributed by atoms with Gasteiger partial charge >= 0.3 is 5.97 Å². The molecule has 1 aromatic carbocycles. The second-order valence-corrected chi connectivity index (χ2v) is 10.1. The maximum Gasteiger partial charge on any atom is 0.303 e. The summed E-state index contributed by atoms with van der Waals surface area (Å²) in [6.45, 7) is 7.95. The Bertz CT molecular complexity index is 449. The third-order valence-electron chi connectivity index (χ3n) is 2.18. The van der Waals surface area contributed by atoms with E-state index in [9.17, 15) is 4.79 Å². The molecule has 0 spiro atoms. The Labute approximate surface area is 110 Å². The molecule has 1 rings (SSSR count). The maximum atomic E-state index is 11.1. The van der Waals surface area contributed by atoms with E-state index in [1.54, 1.807) is 0 Å². The first-order valence-electron chi connectivity index (χ1n) is 6.11. The summed E-state index contributed by atoms with van der Waals surface area (Å²) < 4.78 is 5.26. The Morgan fingerprint density at radius 2 is 1.89 bits per heavy atom. The summed E-state index contributed by atoms with van der Waals surface area (Å²) in [5.41, 5.74) is 4.39. The predicted molar refractivity (Wildman–Crippen MR) is 76.8 cm³/mol. The van der Waals surface area contributed by atoms with Crippen molar-refractivity contribution in [3.63, 3.8) is 0 Å². The smallest absolute Gasteiger partial charge is 0.303 e. The quantitative estimate of drug-likeness (QED) is 0.474. The molecule has 3 heteroatoms. The highest BCUT2D eigenvalue weighted by Crippen LogP contribution is 2.07. The highest BCUT2D eigenvalue weighted by molar-refractivity contribution is 6.83. The van der Waals surface area contributed by atoms with Crippen molar-refractivity contribution in [3.05, 3.63) is 35.9 Å². The molecule has 0 aliphatic heterocycles. The van der Waals surface area contributed by atoms with E-state index in [1.807, 2.05) is 30.3 Å². The van der Waals surface area contributed by atoms with Crippen LogP contribution < -0.4 is 0 Å². The maximum absolute atomic E-state index is 11.1. The second-order valence-electron chi connectivity index (χ2n) is 5.31. The van der Waals surface area contributed by atoms with Gasteiger partial charge in [-0.25, -0.2) is 0 Å². The first-order chi connectivity index (χ1) is 8.37. The van der Waals surface area contributed by atoms with E-state index in [-0.39, 0.29) is 12.1 Å². The van der Waals surface area contributed by atoms with Crippen molar-refractivity contribution in [3.8, 4) is 11.5 Å². The van der Waals surface area contributed by atoms with Crippen LogP contribution in [0.15, 0.2) is 30.3 Å². The van der Waals surface area contributed by atoms with Crippen molar-refractivity contribution in [2.45, 2.75) is 39.1 Å². The topological polar surface area (TPSA) is 26.3 Å². The average molecular weight is 260 g/mol. The number of carbonyl (C=O) groups excluding carboxylic acids is 1. The number of hydrogen-bond donors (Lipinski definition) is 0. The second kappa shape index (κ2) is 6.41. The van der Waals surface area contributed by atoms with E-state index >= 15 is 0 Å². The van der Waals surface area contributed by atoms with E-state index < -0.39 is 8.07 Å². The van der Waals surface area contributed by atoms with Gasteiger partial charge in [-0.3, -0.25) is 4.79 Å². The predicted octanol–water partition coefficient (Wildman–Crippen LogP) is 3.04. The molecule has 18 heavy (non-hydrogen) atoms. The minimum atomic E-state index is -1.44. The van der Waals surface area contributed by atoms with Gasteiger partial charge in [0.15, 0.2) is 6.10 Å². The van der Waals surface area contributed by atoms with Gasteiger partial charge in [-0.05, 0) is 5.56 Å². The molecule has 0 N–H and O–H groups in total. The van der Waals surface area contributed by atoms with Gasteiger partial charge in [0.25, 0.3) is 0 Å². The van der Waals surface area contributed by atoms with E-state index in [4.69, 9.17) is 4.74 Å². The number of carbonyl (C=O) groups is 1. The van der Waals surface area contributed by atoms with E-state index in [2.05, 4.69) is 31.1 Å². The third-order valence-corrected chi connectivity index (χ3v) is 3.07. The number of rotatable bonds is 3. The molecule has 0 fully saturated rings. The summed E-state index contributed by atoms with van der Waals surface area (Å²) in [4.78, 5) is 11.1. The summed E-state index contributed by atoms with van der Waals surface area (Å²) in [5, 5.41) is 0. The van der Waals surface area contributed by atoms with Crippen molar-refractivity contribution in [2.75, 3.05) is 0 Å². The fraction of sp³-hybridized carbons (Fsp3) is 0.400. The zero-order chi connectivity index (χ0) is 13.6. The van der Waals surface area contributed by atoms with Gasteiger partial charge in [0, 0.05) is 13.3 Å². The van der Waals surface area contributed by atoms with Crippen molar-refractivity contribution in [1.29, 1.82) is 0 Å². The minimum absolute atomic E-state index is 0.277. The average Bonchev–Trinajstić information content (AvgIpc) is 2.25. The number of ether oxygens (including phenoxy) is 1. The fourth-order valence-corrected chi connectivity index (χ4v) is 2.04. The fourth-order valence-electron chi connectivity index (χ4n) is 1.45. The van der Waals surface area contributed by atoms with Crippen LogP contribution in [-0.2, 0) is 16.0 Å². The van der Waals surface area contributed by atoms with Crippen LogP contribution in [0.1, 0.15) is 12.5 Å². The summed E-state index contributed by atoms with van der Waals surface area (Å²) in [5.74, 6) is 2.83. The lowest BCUT2D eigenvalue weighted by Gasteiger charge is -2.12. The van der Waals surface area contributed by atoms with Gasteiger partial charge in [-0.15, -0.1) is 5.54 Å². The van der Waals surface area contributed by atoms with E-state index in [0.29, 0.717) is 6.42 Å². The normalized spacial score (nSPS) is 12.2. The molecule has 1 atom stereocenters. The Morgan fingerprint density at radius 3 is 2.39 bits per heavy atom. The third kappa shape index (κ3) is 6.26. The highest BCUT2D eigenvalue weighted by atomic mass is 28.3. The molecule has 0 bridgehead atoms. The Balaban J connectivity index is 2.78. The molecule has 96 valence electrons. The van der Waals surface area contributed by atoms with Gasteiger partial charge in [0.2, 0.25) is 0 Å². The molecular formula is C15H20O2Si. The first-order valence-corrected chi connectivity index (χ1v) is 9.61. The first kappa shape index (κ1) is 14.5. The molecule has 0 unspecified atom stereocenters. The standard InChI is InChI=1S/C15H20O2Si/c1-13(16)17-15(10-11-18(2,3)4)12-14-8-6-5-7-9-14/h5-9,15H,12H2,1-4H3/t15-/m1/s1. The van der Waals surface area contributed by atoms with Crippen LogP contribution in [0.5, 0.6) is 0 Å². The molecule has 0 aromatic heterocycles. The van der Waals surface area contributed by atoms with E-state index in [1.165, 1.54) is 6.92 Å². The van der Waals surface area contributed by atoms with Gasteiger partial charge in [0.1, 0.15) is 8.07 Å². The minimum Gasteiger partial charge on any atom is -0.449 e. The zero-order valence-corrected chi connectivity index (χ0v) is 12.5. The van der Waals surface area contributed by atoms with Crippen LogP contribution >= 0.6 is 0 Å². The Hall–Kier alpha value is -1.53. The van der Waals surface area contributed by atoms with Crippen molar-refractivity contribution < 1.29 is 9.53 Å². The van der Waals surface area contributed by atoms with Crippen LogP contribution in [0, 0.1) is 11.5 Å². The van der Waals surface area contributed by atoms with Crippen molar-refractivity contribution in [2.24, 2.45) is 0 Å². The van der Waals surface area contributed by atoms with Crippen LogP contribution in [0.3, 0.4) is 0 Å². The van der Waals surface area contributed by atoms with Crippen LogP contribution in [-0.4, -0.2) is 20.1 Å². The number of esters is 1. The Kier molecular flexibility index (Phi) is 5.18. The van der Waals surface area contributed by atoms with E-state index in [0.717, 1.165) is 5.56 Å². The lowest BCUT2D eigenvalue weighted by Crippen LogP contribution is -2.21. The lowest BCUT2D eigenvalue weighted by atomic mass is 10.1. The summed E-state index contributed by atoms with van der Waals surface area (Å²) in [6.07, 6.45) is 0.314. The molecule has 0 saturated heterocycles. The Morgan fingerprint density at radius 1 is 1.28 bits per heavy atom.